The first kappa shape index (κ1) is 9.53. The predicted octanol–water partition coefficient (Wildman–Crippen LogP) is 2.07. The predicted molar refractivity (Wildman–Crippen MR) is 57.6 cm³/mol. The summed E-state index contributed by atoms with van der Waals surface area (Å²) in [4.78, 5) is 2.19. The third kappa shape index (κ3) is 2.07. The van der Waals surface area contributed by atoms with Crippen LogP contribution in [0.3, 0.4) is 0 Å². The van der Waals surface area contributed by atoms with Crippen molar-refractivity contribution >= 4 is 0 Å². The minimum Gasteiger partial charge on any atom is -0.493 e. The summed E-state index contributed by atoms with van der Waals surface area (Å²) in [7, 11) is 4.19. The zero-order valence-electron chi connectivity index (χ0n) is 8.92. The number of ether oxygens (including phenoxy) is 1. The lowest BCUT2D eigenvalue weighted by molar-refractivity contribution is 0.288. The van der Waals surface area contributed by atoms with E-state index in [1.807, 2.05) is 0 Å². The highest BCUT2D eigenvalue weighted by molar-refractivity contribution is 5.38. The topological polar surface area (TPSA) is 12.5 Å². The van der Waals surface area contributed by atoms with Crippen molar-refractivity contribution in [2.45, 2.75) is 19.4 Å². The second-order valence-electron chi connectivity index (χ2n) is 4.13. The maximum atomic E-state index is 5.57. The smallest absolute Gasteiger partial charge is 0.122 e. The van der Waals surface area contributed by atoms with E-state index in [-0.39, 0.29) is 0 Å². The van der Waals surface area contributed by atoms with Crippen LogP contribution >= 0.6 is 0 Å². The zero-order chi connectivity index (χ0) is 9.97. The Balaban J connectivity index is 2.20. The third-order valence-corrected chi connectivity index (χ3v) is 2.47. The van der Waals surface area contributed by atoms with Crippen LogP contribution < -0.4 is 4.74 Å². The molecule has 1 aliphatic rings. The lowest BCUT2D eigenvalue weighted by Gasteiger charge is -2.18. The summed E-state index contributed by atoms with van der Waals surface area (Å²) in [5, 5.41) is 0. The number of hydrogen-bond acceptors (Lipinski definition) is 2. The summed E-state index contributed by atoms with van der Waals surface area (Å²) in [6.07, 6.45) is 2.31. The van der Waals surface area contributed by atoms with Gasteiger partial charge < -0.3 is 9.64 Å². The van der Waals surface area contributed by atoms with Gasteiger partial charge in [-0.15, -0.1) is 0 Å². The number of fused-ring (bicyclic) bond motifs is 1. The first-order valence-electron chi connectivity index (χ1n) is 5.15. The molecule has 0 N–H and O–H groups in total. The largest absolute Gasteiger partial charge is 0.493 e. The van der Waals surface area contributed by atoms with E-state index in [0.717, 1.165) is 31.7 Å². The molecule has 76 valence electrons. The Bertz CT molecular complexity index is 320. The molecule has 0 unspecified atom stereocenters. The molecule has 0 fully saturated rings. The number of benzene rings is 1. The summed E-state index contributed by atoms with van der Waals surface area (Å²) < 4.78 is 5.57. The van der Waals surface area contributed by atoms with Gasteiger partial charge in [-0.2, -0.15) is 0 Å². The normalized spacial score (nSPS) is 15.1. The van der Waals surface area contributed by atoms with E-state index in [1.165, 1.54) is 11.1 Å². The van der Waals surface area contributed by atoms with Crippen LogP contribution in [0.1, 0.15) is 17.5 Å². The van der Waals surface area contributed by atoms with Crippen molar-refractivity contribution < 1.29 is 4.74 Å². The second kappa shape index (κ2) is 4.01. The molecule has 2 rings (SSSR count). The van der Waals surface area contributed by atoms with Crippen LogP contribution in [0, 0.1) is 0 Å². The van der Waals surface area contributed by atoms with Gasteiger partial charge in [0, 0.05) is 6.54 Å². The summed E-state index contributed by atoms with van der Waals surface area (Å²) in [6.45, 7) is 1.88. The highest BCUT2D eigenvalue weighted by atomic mass is 16.5. The van der Waals surface area contributed by atoms with Gasteiger partial charge in [0.15, 0.2) is 0 Å². The van der Waals surface area contributed by atoms with E-state index in [0.29, 0.717) is 0 Å². The molecule has 0 saturated heterocycles. The molecule has 0 radical (unpaired) electrons. The first-order valence-corrected chi connectivity index (χ1v) is 5.15. The molecule has 0 amide bonds. The molecular weight excluding hydrogens is 174 g/mol. The highest BCUT2D eigenvalue weighted by Gasteiger charge is 2.10. The SMILES string of the molecule is CN(C)Cc1ccc2c(c1)CCCO2. The van der Waals surface area contributed by atoms with Crippen molar-refractivity contribution in [1.29, 1.82) is 0 Å². The molecule has 1 aromatic carbocycles. The third-order valence-electron chi connectivity index (χ3n) is 2.47. The molecule has 0 atom stereocenters. The Labute approximate surface area is 85.5 Å². The molecule has 1 aliphatic heterocycles. The maximum Gasteiger partial charge on any atom is 0.122 e. The van der Waals surface area contributed by atoms with Crippen LogP contribution in [0.4, 0.5) is 0 Å². The monoisotopic (exact) mass is 191 g/mol. The minimum absolute atomic E-state index is 0.875. The standard InChI is InChI=1S/C12H17NO/c1-13(2)9-10-5-6-12-11(8-10)4-3-7-14-12/h5-6,8H,3-4,7,9H2,1-2H3. The van der Waals surface area contributed by atoms with Gasteiger partial charge in [0.25, 0.3) is 0 Å². The molecule has 1 heterocycles. The van der Waals surface area contributed by atoms with Crippen LogP contribution in [0.25, 0.3) is 0 Å². The van der Waals surface area contributed by atoms with Crippen molar-refractivity contribution in [3.63, 3.8) is 0 Å². The summed E-state index contributed by atoms with van der Waals surface area (Å²) in [6, 6.07) is 6.53. The molecule has 0 saturated carbocycles. The summed E-state index contributed by atoms with van der Waals surface area (Å²) >= 11 is 0. The van der Waals surface area contributed by atoms with E-state index in [1.54, 1.807) is 0 Å². The lowest BCUT2D eigenvalue weighted by atomic mass is 10.0. The molecule has 2 nitrogen and oxygen atoms in total. The van der Waals surface area contributed by atoms with Gasteiger partial charge in [0.05, 0.1) is 6.61 Å². The Morgan fingerprint density at radius 3 is 3.00 bits per heavy atom. The van der Waals surface area contributed by atoms with Gasteiger partial charge in [0.2, 0.25) is 0 Å². The fraction of sp³-hybridized carbons (Fsp3) is 0.500. The fourth-order valence-corrected chi connectivity index (χ4v) is 1.88. The van der Waals surface area contributed by atoms with Crippen LogP contribution in [0.2, 0.25) is 0 Å². The number of rotatable bonds is 2. The van der Waals surface area contributed by atoms with Gasteiger partial charge in [-0.1, -0.05) is 12.1 Å². The van der Waals surface area contributed by atoms with Crippen LogP contribution in [0.5, 0.6) is 5.75 Å². The average molecular weight is 191 g/mol. The Morgan fingerprint density at radius 1 is 1.36 bits per heavy atom. The maximum absolute atomic E-state index is 5.57. The Hall–Kier alpha value is -1.02. The molecule has 1 aromatic rings. The Kier molecular flexibility index (Phi) is 2.73. The highest BCUT2D eigenvalue weighted by Crippen LogP contribution is 2.25. The van der Waals surface area contributed by atoms with Gasteiger partial charge in [-0.3, -0.25) is 0 Å². The molecule has 0 aliphatic carbocycles. The van der Waals surface area contributed by atoms with E-state index in [9.17, 15) is 0 Å². The second-order valence-corrected chi connectivity index (χ2v) is 4.13. The average Bonchev–Trinajstić information content (AvgIpc) is 2.17. The van der Waals surface area contributed by atoms with E-state index in [2.05, 4.69) is 37.2 Å². The first-order chi connectivity index (χ1) is 6.75. The van der Waals surface area contributed by atoms with E-state index < -0.39 is 0 Å². The molecule has 0 spiro atoms. The quantitative estimate of drug-likeness (QED) is 0.709. The van der Waals surface area contributed by atoms with Gasteiger partial charge in [0.1, 0.15) is 5.75 Å². The summed E-state index contributed by atoms with van der Waals surface area (Å²) in [5.41, 5.74) is 2.75. The van der Waals surface area contributed by atoms with E-state index in [4.69, 9.17) is 4.74 Å². The molecule has 2 heteroatoms. The number of hydrogen-bond donors (Lipinski definition) is 0. The Morgan fingerprint density at radius 2 is 2.21 bits per heavy atom. The van der Waals surface area contributed by atoms with Gasteiger partial charge in [-0.25, -0.2) is 0 Å². The summed E-state index contributed by atoms with van der Waals surface area (Å²) in [5.74, 6) is 1.08. The van der Waals surface area contributed by atoms with Crippen LogP contribution in [-0.2, 0) is 13.0 Å². The van der Waals surface area contributed by atoms with Gasteiger partial charge in [-0.05, 0) is 44.1 Å². The van der Waals surface area contributed by atoms with Crippen molar-refractivity contribution in [1.82, 2.24) is 4.90 Å². The van der Waals surface area contributed by atoms with Crippen molar-refractivity contribution in [3.05, 3.63) is 29.3 Å². The zero-order valence-corrected chi connectivity index (χ0v) is 8.92. The fourth-order valence-electron chi connectivity index (χ4n) is 1.88. The van der Waals surface area contributed by atoms with Crippen molar-refractivity contribution in [2.75, 3.05) is 20.7 Å². The number of aryl methyl sites for hydroxylation is 1. The van der Waals surface area contributed by atoms with Gasteiger partial charge >= 0.3 is 0 Å². The van der Waals surface area contributed by atoms with Crippen LogP contribution in [-0.4, -0.2) is 25.6 Å². The van der Waals surface area contributed by atoms with Crippen LogP contribution in [0.15, 0.2) is 18.2 Å². The van der Waals surface area contributed by atoms with Crippen molar-refractivity contribution in [3.8, 4) is 5.75 Å². The molecule has 0 aromatic heterocycles. The molecular formula is C12H17NO. The molecule has 14 heavy (non-hydrogen) atoms. The number of nitrogens with zero attached hydrogens (tertiary/aromatic N) is 1. The van der Waals surface area contributed by atoms with E-state index >= 15 is 0 Å². The van der Waals surface area contributed by atoms with Crippen molar-refractivity contribution in [2.24, 2.45) is 0 Å². The lowest BCUT2D eigenvalue weighted by Crippen LogP contribution is -2.12. The molecule has 0 bridgehead atoms. The minimum atomic E-state index is 0.875.